The number of hydrogen-bond donors (Lipinski definition) is 1. The lowest BCUT2D eigenvalue weighted by molar-refractivity contribution is 0.452. The molecular formula is C14H20FNO2S. The van der Waals surface area contributed by atoms with Gasteiger partial charge in [0.2, 0.25) is 0 Å². The van der Waals surface area contributed by atoms with Crippen molar-refractivity contribution in [3.8, 4) is 0 Å². The van der Waals surface area contributed by atoms with E-state index in [-0.39, 0.29) is 17.1 Å². The molecule has 1 aliphatic carbocycles. The fourth-order valence-electron chi connectivity index (χ4n) is 2.63. The predicted molar refractivity (Wildman–Crippen MR) is 75.6 cm³/mol. The first-order valence-corrected chi connectivity index (χ1v) is 8.53. The van der Waals surface area contributed by atoms with Gasteiger partial charge in [0.15, 0.2) is 0 Å². The monoisotopic (exact) mass is 285 g/mol. The normalized spacial score (nSPS) is 24.2. The Labute approximate surface area is 114 Å². The molecule has 2 atom stereocenters. The first kappa shape index (κ1) is 14.3. The number of benzene rings is 1. The van der Waals surface area contributed by atoms with Crippen molar-refractivity contribution in [3.63, 3.8) is 0 Å². The second-order valence-electron chi connectivity index (χ2n) is 5.42. The predicted octanol–water partition coefficient (Wildman–Crippen LogP) is 2.90. The van der Waals surface area contributed by atoms with Crippen molar-refractivity contribution < 1.29 is 12.8 Å². The highest BCUT2D eigenvalue weighted by Gasteiger charge is 2.28. The summed E-state index contributed by atoms with van der Waals surface area (Å²) in [5, 5.41) is 3.02. The molecule has 1 fully saturated rings. The Morgan fingerprint density at radius 1 is 1.32 bits per heavy atom. The van der Waals surface area contributed by atoms with Crippen LogP contribution in [0.3, 0.4) is 0 Å². The van der Waals surface area contributed by atoms with Gasteiger partial charge in [0.25, 0.3) is 0 Å². The number of sulfone groups is 1. The molecule has 1 aliphatic rings. The van der Waals surface area contributed by atoms with Gasteiger partial charge in [-0.05, 0) is 43.9 Å². The molecule has 1 aromatic carbocycles. The molecule has 2 rings (SSSR count). The molecule has 106 valence electrons. The number of nitrogens with one attached hydrogen (secondary N) is 1. The number of anilines is 1. The van der Waals surface area contributed by atoms with Crippen LogP contribution < -0.4 is 5.32 Å². The Hall–Kier alpha value is -1.10. The van der Waals surface area contributed by atoms with Crippen LogP contribution in [0.15, 0.2) is 18.2 Å². The minimum atomic E-state index is -2.98. The van der Waals surface area contributed by atoms with Crippen LogP contribution in [0.25, 0.3) is 0 Å². The smallest absolute Gasteiger partial charge is 0.150 e. The van der Waals surface area contributed by atoms with E-state index in [1.54, 1.807) is 6.07 Å². The summed E-state index contributed by atoms with van der Waals surface area (Å²) in [4.78, 5) is 0. The Morgan fingerprint density at radius 2 is 2.05 bits per heavy atom. The molecule has 0 amide bonds. The van der Waals surface area contributed by atoms with E-state index in [2.05, 4.69) is 5.32 Å². The summed E-state index contributed by atoms with van der Waals surface area (Å²) in [5.41, 5.74) is 1.74. The third-order valence-corrected chi connectivity index (χ3v) is 5.43. The molecule has 0 heterocycles. The van der Waals surface area contributed by atoms with Gasteiger partial charge in [-0.2, -0.15) is 0 Å². The highest BCUT2D eigenvalue weighted by molar-refractivity contribution is 7.91. The van der Waals surface area contributed by atoms with Crippen LogP contribution in [0, 0.1) is 12.7 Å². The van der Waals surface area contributed by atoms with Crippen LogP contribution in [-0.4, -0.2) is 26.0 Å². The molecule has 0 bridgehead atoms. The van der Waals surface area contributed by atoms with E-state index in [1.807, 2.05) is 6.92 Å². The highest BCUT2D eigenvalue weighted by atomic mass is 32.2. The molecule has 3 nitrogen and oxygen atoms in total. The number of halogens is 1. The molecule has 19 heavy (non-hydrogen) atoms. The SMILES string of the molecule is Cc1ccc(F)cc1NC1CCCC(S(C)(=O)=O)C1. The van der Waals surface area contributed by atoms with Gasteiger partial charge in [-0.15, -0.1) is 0 Å². The van der Waals surface area contributed by atoms with Crippen LogP contribution in [0.4, 0.5) is 10.1 Å². The molecule has 1 saturated carbocycles. The van der Waals surface area contributed by atoms with Crippen molar-refractivity contribution in [3.05, 3.63) is 29.6 Å². The van der Waals surface area contributed by atoms with Crippen molar-refractivity contribution in [1.29, 1.82) is 0 Å². The van der Waals surface area contributed by atoms with Gasteiger partial charge >= 0.3 is 0 Å². The summed E-state index contributed by atoms with van der Waals surface area (Å²) in [6.07, 6.45) is 4.47. The van der Waals surface area contributed by atoms with E-state index < -0.39 is 9.84 Å². The molecule has 0 aliphatic heterocycles. The lowest BCUT2D eigenvalue weighted by Crippen LogP contribution is -2.34. The fourth-order valence-corrected chi connectivity index (χ4v) is 3.81. The van der Waals surface area contributed by atoms with Gasteiger partial charge in [-0.3, -0.25) is 0 Å². The maximum absolute atomic E-state index is 13.2. The molecule has 0 aromatic heterocycles. The van der Waals surface area contributed by atoms with Gasteiger partial charge in [0.1, 0.15) is 15.7 Å². The molecule has 0 radical (unpaired) electrons. The lowest BCUT2D eigenvalue weighted by atomic mass is 9.94. The molecule has 0 spiro atoms. The van der Waals surface area contributed by atoms with Crippen molar-refractivity contribution >= 4 is 15.5 Å². The van der Waals surface area contributed by atoms with Crippen molar-refractivity contribution in [1.82, 2.24) is 0 Å². The van der Waals surface area contributed by atoms with E-state index in [0.29, 0.717) is 6.42 Å². The standard InChI is InChI=1S/C14H20FNO2S/c1-10-6-7-11(15)8-14(10)16-12-4-3-5-13(9-12)19(2,17)18/h6-8,12-13,16H,3-5,9H2,1-2H3. The molecule has 1 N–H and O–H groups in total. The molecule has 5 heteroatoms. The summed E-state index contributed by atoms with van der Waals surface area (Å²) in [6, 6.07) is 4.74. The third-order valence-electron chi connectivity index (χ3n) is 3.79. The van der Waals surface area contributed by atoms with Crippen molar-refractivity contribution in [2.45, 2.75) is 43.9 Å². The Kier molecular flexibility index (Phi) is 4.13. The van der Waals surface area contributed by atoms with Gasteiger partial charge < -0.3 is 5.32 Å². The summed E-state index contributed by atoms with van der Waals surface area (Å²) in [6.45, 7) is 1.92. The number of hydrogen-bond acceptors (Lipinski definition) is 3. The maximum atomic E-state index is 13.2. The largest absolute Gasteiger partial charge is 0.382 e. The van der Waals surface area contributed by atoms with E-state index in [4.69, 9.17) is 0 Å². The lowest BCUT2D eigenvalue weighted by Gasteiger charge is -2.29. The second kappa shape index (κ2) is 5.49. The highest BCUT2D eigenvalue weighted by Crippen LogP contribution is 2.27. The fraction of sp³-hybridized carbons (Fsp3) is 0.571. The Balaban J connectivity index is 2.09. The van der Waals surface area contributed by atoms with Crippen LogP contribution in [0.1, 0.15) is 31.2 Å². The number of rotatable bonds is 3. The molecular weight excluding hydrogens is 265 g/mol. The van der Waals surface area contributed by atoms with E-state index >= 15 is 0 Å². The Bertz CT molecular complexity index is 557. The Morgan fingerprint density at radius 3 is 2.74 bits per heavy atom. The molecule has 0 saturated heterocycles. The second-order valence-corrected chi connectivity index (χ2v) is 7.74. The van der Waals surface area contributed by atoms with E-state index in [0.717, 1.165) is 30.5 Å². The zero-order valence-electron chi connectivity index (χ0n) is 11.3. The first-order chi connectivity index (χ1) is 8.86. The minimum Gasteiger partial charge on any atom is -0.382 e. The van der Waals surface area contributed by atoms with Gasteiger partial charge in [0, 0.05) is 18.0 Å². The maximum Gasteiger partial charge on any atom is 0.150 e. The van der Waals surface area contributed by atoms with Gasteiger partial charge in [-0.1, -0.05) is 12.5 Å². The van der Waals surface area contributed by atoms with Gasteiger partial charge in [0.05, 0.1) is 5.25 Å². The zero-order chi connectivity index (χ0) is 14.0. The molecule has 1 aromatic rings. The van der Waals surface area contributed by atoms with Crippen LogP contribution >= 0.6 is 0 Å². The summed E-state index contributed by atoms with van der Waals surface area (Å²) in [5.74, 6) is -0.274. The van der Waals surface area contributed by atoms with Crippen molar-refractivity contribution in [2.24, 2.45) is 0 Å². The van der Waals surface area contributed by atoms with Crippen LogP contribution in [-0.2, 0) is 9.84 Å². The average Bonchev–Trinajstić information content (AvgIpc) is 2.33. The summed E-state index contributed by atoms with van der Waals surface area (Å²) < 4.78 is 36.5. The van der Waals surface area contributed by atoms with Crippen molar-refractivity contribution in [2.75, 3.05) is 11.6 Å². The number of aryl methyl sites for hydroxylation is 1. The third kappa shape index (κ3) is 3.69. The molecule has 2 unspecified atom stereocenters. The average molecular weight is 285 g/mol. The quantitative estimate of drug-likeness (QED) is 0.929. The zero-order valence-corrected chi connectivity index (χ0v) is 12.1. The van der Waals surface area contributed by atoms with E-state index in [1.165, 1.54) is 18.4 Å². The topological polar surface area (TPSA) is 46.2 Å². The first-order valence-electron chi connectivity index (χ1n) is 6.58. The van der Waals surface area contributed by atoms with Gasteiger partial charge in [-0.25, -0.2) is 12.8 Å². The summed E-state index contributed by atoms with van der Waals surface area (Å²) in [7, 11) is -2.98. The van der Waals surface area contributed by atoms with Crippen LogP contribution in [0.5, 0.6) is 0 Å². The summed E-state index contributed by atoms with van der Waals surface area (Å²) >= 11 is 0. The minimum absolute atomic E-state index is 0.106. The van der Waals surface area contributed by atoms with E-state index in [9.17, 15) is 12.8 Å². The van der Waals surface area contributed by atoms with Crippen LogP contribution in [0.2, 0.25) is 0 Å².